The summed E-state index contributed by atoms with van der Waals surface area (Å²) >= 11 is 0. The number of para-hydroxylation sites is 1. The molecule has 3 aromatic carbocycles. The summed E-state index contributed by atoms with van der Waals surface area (Å²) in [6, 6.07) is 19.7. The van der Waals surface area contributed by atoms with Gasteiger partial charge in [-0.25, -0.2) is 16.8 Å². The van der Waals surface area contributed by atoms with E-state index in [4.69, 9.17) is 0 Å². The first kappa shape index (κ1) is 22.6. The van der Waals surface area contributed by atoms with Crippen LogP contribution < -0.4 is 9.62 Å². The van der Waals surface area contributed by atoms with Crippen LogP contribution in [-0.4, -0.2) is 46.7 Å². The number of nitrogens with one attached hydrogen (secondary N) is 1. The summed E-state index contributed by atoms with van der Waals surface area (Å²) in [6.45, 7) is 0.604. The molecule has 1 N–H and O–H groups in total. The second-order valence-electron chi connectivity index (χ2n) is 8.21. The molecule has 5 rings (SSSR count). The lowest BCUT2D eigenvalue weighted by Crippen LogP contribution is -2.40. The molecule has 10 heteroatoms. The molecular formula is C24H23N3O5S2. The number of hydrogen-bond acceptors (Lipinski definition) is 5. The van der Waals surface area contributed by atoms with E-state index in [0.29, 0.717) is 30.0 Å². The number of anilines is 2. The highest BCUT2D eigenvalue weighted by molar-refractivity contribution is 7.93. The Bertz CT molecular complexity index is 1460. The second-order valence-corrected chi connectivity index (χ2v) is 12.0. The van der Waals surface area contributed by atoms with E-state index in [9.17, 15) is 21.6 Å². The minimum atomic E-state index is -3.93. The van der Waals surface area contributed by atoms with Gasteiger partial charge >= 0.3 is 0 Å². The van der Waals surface area contributed by atoms with E-state index in [-0.39, 0.29) is 9.79 Å². The van der Waals surface area contributed by atoms with Crippen molar-refractivity contribution in [2.45, 2.75) is 22.6 Å². The summed E-state index contributed by atoms with van der Waals surface area (Å²) in [4.78, 5) is 13.2. The first-order valence-electron chi connectivity index (χ1n) is 10.9. The Labute approximate surface area is 198 Å². The fourth-order valence-electron chi connectivity index (χ4n) is 4.37. The number of hydrogen-bond donors (Lipinski definition) is 1. The zero-order chi connectivity index (χ0) is 23.9. The van der Waals surface area contributed by atoms with E-state index in [2.05, 4.69) is 5.32 Å². The van der Waals surface area contributed by atoms with E-state index in [0.717, 1.165) is 22.7 Å². The van der Waals surface area contributed by atoms with E-state index in [1.807, 2.05) is 12.1 Å². The first-order valence-corrected chi connectivity index (χ1v) is 13.8. The number of carbonyl (C=O) groups is 1. The van der Waals surface area contributed by atoms with Crippen molar-refractivity contribution < 1.29 is 21.6 Å². The maximum absolute atomic E-state index is 13.3. The number of sulfonamides is 2. The van der Waals surface area contributed by atoms with Gasteiger partial charge in [0.15, 0.2) is 0 Å². The summed E-state index contributed by atoms with van der Waals surface area (Å²) < 4.78 is 54.5. The lowest BCUT2D eigenvalue weighted by atomic mass is 10.0. The van der Waals surface area contributed by atoms with Gasteiger partial charge < -0.3 is 5.32 Å². The molecule has 2 heterocycles. The maximum atomic E-state index is 13.3. The third-order valence-electron chi connectivity index (χ3n) is 6.05. The van der Waals surface area contributed by atoms with Crippen LogP contribution in [0.3, 0.4) is 0 Å². The maximum Gasteiger partial charge on any atom is 0.265 e. The summed E-state index contributed by atoms with van der Waals surface area (Å²) in [5, 5.41) is 2.68. The van der Waals surface area contributed by atoms with Gasteiger partial charge in [0.1, 0.15) is 6.54 Å². The molecule has 176 valence electrons. The van der Waals surface area contributed by atoms with Crippen LogP contribution in [0.25, 0.3) is 11.1 Å². The average molecular weight is 498 g/mol. The minimum Gasteiger partial charge on any atom is -0.325 e. The smallest absolute Gasteiger partial charge is 0.265 e. The molecule has 0 unspecified atom stereocenters. The van der Waals surface area contributed by atoms with Crippen molar-refractivity contribution in [3.8, 4) is 11.1 Å². The molecular weight excluding hydrogens is 474 g/mol. The van der Waals surface area contributed by atoms with Crippen LogP contribution in [-0.2, 0) is 24.8 Å². The zero-order valence-corrected chi connectivity index (χ0v) is 19.8. The highest BCUT2D eigenvalue weighted by Gasteiger charge is 2.35. The summed E-state index contributed by atoms with van der Waals surface area (Å²) in [5.41, 5.74) is 2.15. The van der Waals surface area contributed by atoms with Gasteiger partial charge in [0.05, 0.1) is 15.5 Å². The molecule has 0 radical (unpaired) electrons. The van der Waals surface area contributed by atoms with Crippen LogP contribution in [0, 0.1) is 0 Å². The number of amides is 1. The molecule has 2 aliphatic heterocycles. The number of carbonyl (C=O) groups excluding carboxylic acids is 1. The molecule has 1 fully saturated rings. The van der Waals surface area contributed by atoms with Crippen molar-refractivity contribution in [3.05, 3.63) is 72.8 Å². The topological polar surface area (TPSA) is 104 Å². The third kappa shape index (κ3) is 3.87. The van der Waals surface area contributed by atoms with Gasteiger partial charge in [0, 0.05) is 29.9 Å². The number of benzene rings is 3. The van der Waals surface area contributed by atoms with Gasteiger partial charge in [-0.05, 0) is 49.2 Å². The van der Waals surface area contributed by atoms with Crippen LogP contribution in [0.4, 0.5) is 11.4 Å². The average Bonchev–Trinajstić information content (AvgIpc) is 3.38. The normalized spacial score (nSPS) is 17.1. The van der Waals surface area contributed by atoms with Gasteiger partial charge in [-0.15, -0.1) is 0 Å². The van der Waals surface area contributed by atoms with Crippen LogP contribution in [0.5, 0.6) is 0 Å². The van der Waals surface area contributed by atoms with Crippen molar-refractivity contribution in [2.24, 2.45) is 0 Å². The Hall–Kier alpha value is -3.21. The van der Waals surface area contributed by atoms with Gasteiger partial charge in [0.25, 0.3) is 10.0 Å². The highest BCUT2D eigenvalue weighted by Crippen LogP contribution is 2.42. The third-order valence-corrected chi connectivity index (χ3v) is 9.78. The Morgan fingerprint density at radius 1 is 0.853 bits per heavy atom. The SMILES string of the molecule is O=C(CN1c2ccccc2-c2ccccc2S1(=O)=O)Nc1ccc(S(=O)(=O)N2CCCC2)cc1. The van der Waals surface area contributed by atoms with Crippen molar-refractivity contribution in [1.29, 1.82) is 0 Å². The van der Waals surface area contributed by atoms with Gasteiger partial charge in [-0.1, -0.05) is 36.4 Å². The largest absolute Gasteiger partial charge is 0.325 e. The monoisotopic (exact) mass is 497 g/mol. The molecule has 0 bridgehead atoms. The first-order chi connectivity index (χ1) is 16.3. The van der Waals surface area contributed by atoms with Crippen molar-refractivity contribution >= 4 is 37.3 Å². The molecule has 8 nitrogen and oxygen atoms in total. The van der Waals surface area contributed by atoms with Gasteiger partial charge in [-0.3, -0.25) is 9.10 Å². The zero-order valence-electron chi connectivity index (χ0n) is 18.2. The van der Waals surface area contributed by atoms with Crippen LogP contribution >= 0.6 is 0 Å². The predicted molar refractivity (Wildman–Crippen MR) is 129 cm³/mol. The lowest BCUT2D eigenvalue weighted by molar-refractivity contribution is -0.114. The van der Waals surface area contributed by atoms with Crippen LogP contribution in [0.15, 0.2) is 82.6 Å². The van der Waals surface area contributed by atoms with E-state index in [1.165, 1.54) is 34.6 Å². The van der Waals surface area contributed by atoms with E-state index in [1.54, 1.807) is 30.3 Å². The summed E-state index contributed by atoms with van der Waals surface area (Å²) in [5.74, 6) is -0.534. The van der Waals surface area contributed by atoms with Crippen molar-refractivity contribution in [3.63, 3.8) is 0 Å². The van der Waals surface area contributed by atoms with Crippen LogP contribution in [0.1, 0.15) is 12.8 Å². The van der Waals surface area contributed by atoms with Crippen molar-refractivity contribution in [1.82, 2.24) is 4.31 Å². The Morgan fingerprint density at radius 3 is 2.18 bits per heavy atom. The number of rotatable bonds is 5. The van der Waals surface area contributed by atoms with Gasteiger partial charge in [0.2, 0.25) is 15.9 Å². The van der Waals surface area contributed by atoms with Crippen LogP contribution in [0.2, 0.25) is 0 Å². The summed E-state index contributed by atoms with van der Waals surface area (Å²) in [7, 11) is -7.48. The van der Waals surface area contributed by atoms with E-state index >= 15 is 0 Å². The molecule has 0 saturated carbocycles. The fourth-order valence-corrected chi connectivity index (χ4v) is 7.54. The molecule has 0 atom stereocenters. The second kappa shape index (κ2) is 8.53. The van der Waals surface area contributed by atoms with E-state index < -0.39 is 32.5 Å². The number of nitrogens with zero attached hydrogens (tertiary/aromatic N) is 2. The molecule has 1 saturated heterocycles. The summed E-state index contributed by atoms with van der Waals surface area (Å²) in [6.07, 6.45) is 1.70. The quantitative estimate of drug-likeness (QED) is 0.583. The van der Waals surface area contributed by atoms with Crippen molar-refractivity contribution in [2.75, 3.05) is 29.3 Å². The van der Waals surface area contributed by atoms with Gasteiger partial charge in [-0.2, -0.15) is 4.31 Å². The molecule has 3 aromatic rings. The molecule has 0 aromatic heterocycles. The lowest BCUT2D eigenvalue weighted by Gasteiger charge is -2.31. The molecule has 0 spiro atoms. The predicted octanol–water partition coefficient (Wildman–Crippen LogP) is 3.29. The molecule has 34 heavy (non-hydrogen) atoms. The molecule has 0 aliphatic carbocycles. The molecule has 2 aliphatic rings. The minimum absolute atomic E-state index is 0.151. The fraction of sp³-hybridized carbons (Fsp3) is 0.208. The molecule has 1 amide bonds. The highest BCUT2D eigenvalue weighted by atomic mass is 32.2. The Balaban J connectivity index is 1.37. The standard InChI is InChI=1S/C24H23N3O5S2/c28-24(25-18-11-13-19(14-12-18)33(29,30)26-15-5-6-16-26)17-27-22-9-3-1-7-20(22)21-8-2-4-10-23(21)34(27,31)32/h1-4,7-14H,5-6,15-17H2,(H,25,28). The Kier molecular flexibility index (Phi) is 5.67. The number of fused-ring (bicyclic) bond motifs is 3. The Morgan fingerprint density at radius 2 is 1.47 bits per heavy atom.